The molecule has 2 heterocycles. The quantitative estimate of drug-likeness (QED) is 0.329. The van der Waals surface area contributed by atoms with Gasteiger partial charge in [-0.2, -0.15) is 11.8 Å². The standard InChI is InChI=1S/C16H27N3O4S/c17-13(20)8-3-1-2-5-10(15(21)22)6-4-7-12-14-11(9-24-12)18-16(23)19-14/h10-12,14H,1-9H2,(H2,17,20)(H,21,22)(H2,18,19,23)/t10?,11-,12-,14-/m0/s1. The number of primary amides is 1. The number of thioether (sulfide) groups is 1. The third-order valence-corrected chi connectivity index (χ3v) is 6.31. The molecule has 0 aromatic carbocycles. The first-order chi connectivity index (χ1) is 11.5. The van der Waals surface area contributed by atoms with Gasteiger partial charge in [0.05, 0.1) is 18.0 Å². The fourth-order valence-corrected chi connectivity index (χ4v) is 5.01. The van der Waals surface area contributed by atoms with Crippen LogP contribution in [-0.4, -0.2) is 46.1 Å². The van der Waals surface area contributed by atoms with E-state index in [0.717, 1.165) is 37.9 Å². The summed E-state index contributed by atoms with van der Waals surface area (Å²) in [6.45, 7) is 0. The summed E-state index contributed by atoms with van der Waals surface area (Å²) in [5, 5.41) is 15.6. The van der Waals surface area contributed by atoms with Crippen LogP contribution in [0.5, 0.6) is 0 Å². The van der Waals surface area contributed by atoms with Gasteiger partial charge in [0, 0.05) is 17.4 Å². The van der Waals surface area contributed by atoms with Crippen molar-refractivity contribution in [2.75, 3.05) is 5.75 Å². The van der Waals surface area contributed by atoms with E-state index >= 15 is 0 Å². The second-order valence-corrected chi connectivity index (χ2v) is 7.93. The molecule has 7 nitrogen and oxygen atoms in total. The highest BCUT2D eigenvalue weighted by molar-refractivity contribution is 8.00. The Morgan fingerprint density at radius 2 is 1.96 bits per heavy atom. The zero-order chi connectivity index (χ0) is 17.5. The molecule has 5 N–H and O–H groups in total. The molecule has 0 aliphatic carbocycles. The van der Waals surface area contributed by atoms with Gasteiger partial charge in [-0.25, -0.2) is 4.79 Å². The Labute approximate surface area is 146 Å². The van der Waals surface area contributed by atoms with E-state index in [9.17, 15) is 19.5 Å². The number of nitrogens with two attached hydrogens (primary N) is 1. The summed E-state index contributed by atoms with van der Waals surface area (Å²) in [4.78, 5) is 33.4. The number of carboxylic acids is 1. The average Bonchev–Trinajstić information content (AvgIpc) is 3.04. The van der Waals surface area contributed by atoms with Crippen molar-refractivity contribution in [2.24, 2.45) is 11.7 Å². The van der Waals surface area contributed by atoms with Crippen molar-refractivity contribution in [1.82, 2.24) is 10.6 Å². The second kappa shape index (κ2) is 9.15. The predicted octanol–water partition coefficient (Wildman–Crippen LogP) is 1.46. The Balaban J connectivity index is 1.63. The van der Waals surface area contributed by atoms with Gasteiger partial charge >= 0.3 is 12.0 Å². The SMILES string of the molecule is NC(=O)CCCCCC(CCC[C@@H]1SC[C@@H]2NC(=O)N[C@@H]21)C(=O)O. The molecule has 1 unspecified atom stereocenters. The van der Waals surface area contributed by atoms with Gasteiger partial charge in [-0.1, -0.05) is 19.3 Å². The Morgan fingerprint density at radius 1 is 1.21 bits per heavy atom. The Bertz CT molecular complexity index is 474. The van der Waals surface area contributed by atoms with Crippen LogP contribution >= 0.6 is 11.8 Å². The summed E-state index contributed by atoms with van der Waals surface area (Å²) in [5.74, 6) is -0.434. The van der Waals surface area contributed by atoms with Crippen LogP contribution in [0.4, 0.5) is 4.79 Å². The molecule has 2 rings (SSSR count). The van der Waals surface area contributed by atoms with Crippen LogP contribution in [0, 0.1) is 5.92 Å². The van der Waals surface area contributed by atoms with Gasteiger partial charge in [-0.15, -0.1) is 0 Å². The molecule has 2 aliphatic rings. The molecule has 2 fully saturated rings. The number of rotatable bonds is 11. The van der Waals surface area contributed by atoms with E-state index in [4.69, 9.17) is 5.73 Å². The lowest BCUT2D eigenvalue weighted by molar-refractivity contribution is -0.142. The van der Waals surface area contributed by atoms with Crippen molar-refractivity contribution >= 4 is 29.7 Å². The summed E-state index contributed by atoms with van der Waals surface area (Å²) in [6, 6.07) is 0.308. The molecule has 0 spiro atoms. The lowest BCUT2D eigenvalue weighted by Crippen LogP contribution is -2.36. The molecule has 0 bridgehead atoms. The number of aliphatic carboxylic acids is 1. The van der Waals surface area contributed by atoms with Gasteiger partial charge < -0.3 is 21.5 Å². The van der Waals surface area contributed by atoms with Crippen LogP contribution < -0.4 is 16.4 Å². The molecule has 0 radical (unpaired) electrons. The molecule has 8 heteroatoms. The monoisotopic (exact) mass is 357 g/mol. The van der Waals surface area contributed by atoms with Crippen LogP contribution in [0.3, 0.4) is 0 Å². The minimum Gasteiger partial charge on any atom is -0.481 e. The molecule has 3 amide bonds. The smallest absolute Gasteiger partial charge is 0.315 e. The molecule has 0 aromatic rings. The van der Waals surface area contributed by atoms with Crippen molar-refractivity contribution in [1.29, 1.82) is 0 Å². The van der Waals surface area contributed by atoms with Crippen LogP contribution in [0.25, 0.3) is 0 Å². The number of amides is 3. The summed E-state index contributed by atoms with van der Waals surface area (Å²) in [5.41, 5.74) is 5.09. The van der Waals surface area contributed by atoms with Gasteiger partial charge in [-0.3, -0.25) is 9.59 Å². The van der Waals surface area contributed by atoms with E-state index in [0.29, 0.717) is 24.5 Å². The van der Waals surface area contributed by atoms with Crippen molar-refractivity contribution in [3.63, 3.8) is 0 Å². The van der Waals surface area contributed by atoms with Crippen LogP contribution in [0.1, 0.15) is 51.4 Å². The molecule has 24 heavy (non-hydrogen) atoms. The molecular formula is C16H27N3O4S. The predicted molar refractivity (Wildman–Crippen MR) is 92.7 cm³/mol. The third-order valence-electron chi connectivity index (χ3n) is 4.80. The summed E-state index contributed by atoms with van der Waals surface area (Å²) < 4.78 is 0. The maximum atomic E-state index is 11.4. The second-order valence-electron chi connectivity index (χ2n) is 6.65. The fourth-order valence-electron chi connectivity index (χ4n) is 3.47. The highest BCUT2D eigenvalue weighted by Crippen LogP contribution is 2.33. The van der Waals surface area contributed by atoms with Crippen molar-refractivity contribution in [3.8, 4) is 0 Å². The van der Waals surface area contributed by atoms with Crippen molar-refractivity contribution in [2.45, 2.75) is 68.7 Å². The van der Waals surface area contributed by atoms with E-state index in [-0.39, 0.29) is 29.9 Å². The molecule has 2 aliphatic heterocycles. The number of urea groups is 1. The number of hydrogen-bond donors (Lipinski definition) is 4. The summed E-state index contributed by atoms with van der Waals surface area (Å²) >= 11 is 1.86. The zero-order valence-electron chi connectivity index (χ0n) is 13.8. The largest absolute Gasteiger partial charge is 0.481 e. The third kappa shape index (κ3) is 5.58. The number of fused-ring (bicyclic) bond motifs is 1. The zero-order valence-corrected chi connectivity index (χ0v) is 14.6. The number of hydrogen-bond acceptors (Lipinski definition) is 4. The molecular weight excluding hydrogens is 330 g/mol. The first-order valence-corrected chi connectivity index (χ1v) is 9.72. The first-order valence-electron chi connectivity index (χ1n) is 8.67. The van der Waals surface area contributed by atoms with Gasteiger partial charge in [0.1, 0.15) is 0 Å². The molecule has 4 atom stereocenters. The van der Waals surface area contributed by atoms with Gasteiger partial charge in [0.2, 0.25) is 5.91 Å². The van der Waals surface area contributed by atoms with Crippen LogP contribution in [0.15, 0.2) is 0 Å². The van der Waals surface area contributed by atoms with E-state index in [1.165, 1.54) is 0 Å². The van der Waals surface area contributed by atoms with E-state index in [1.54, 1.807) is 0 Å². The number of carbonyl (C=O) groups is 3. The molecule has 2 saturated heterocycles. The van der Waals surface area contributed by atoms with Crippen LogP contribution in [0.2, 0.25) is 0 Å². The number of carbonyl (C=O) groups excluding carboxylic acids is 2. The normalized spacial score (nSPS) is 26.5. The highest BCUT2D eigenvalue weighted by atomic mass is 32.2. The topological polar surface area (TPSA) is 122 Å². The lowest BCUT2D eigenvalue weighted by Gasteiger charge is -2.18. The van der Waals surface area contributed by atoms with Gasteiger partial charge in [0.25, 0.3) is 0 Å². The Morgan fingerprint density at radius 3 is 2.67 bits per heavy atom. The van der Waals surface area contributed by atoms with E-state index in [1.807, 2.05) is 11.8 Å². The van der Waals surface area contributed by atoms with Crippen molar-refractivity contribution in [3.05, 3.63) is 0 Å². The number of nitrogens with one attached hydrogen (secondary N) is 2. The molecule has 136 valence electrons. The Hall–Kier alpha value is -1.44. The average molecular weight is 357 g/mol. The maximum absolute atomic E-state index is 11.4. The maximum Gasteiger partial charge on any atom is 0.315 e. The lowest BCUT2D eigenvalue weighted by atomic mass is 9.93. The highest BCUT2D eigenvalue weighted by Gasteiger charge is 2.42. The fraction of sp³-hybridized carbons (Fsp3) is 0.812. The summed E-state index contributed by atoms with van der Waals surface area (Å²) in [7, 11) is 0. The molecule has 0 aromatic heterocycles. The molecule has 0 saturated carbocycles. The number of carboxylic acid groups (broad SMARTS) is 1. The van der Waals surface area contributed by atoms with E-state index < -0.39 is 5.97 Å². The van der Waals surface area contributed by atoms with Crippen LogP contribution in [-0.2, 0) is 9.59 Å². The van der Waals surface area contributed by atoms with Gasteiger partial charge in [0.15, 0.2) is 0 Å². The van der Waals surface area contributed by atoms with Crippen molar-refractivity contribution < 1.29 is 19.5 Å². The summed E-state index contributed by atoms with van der Waals surface area (Å²) in [6.07, 6.45) is 5.86. The first kappa shape index (κ1) is 18.9. The van der Waals surface area contributed by atoms with Gasteiger partial charge in [-0.05, 0) is 25.7 Å². The minimum absolute atomic E-state index is 0.0883. The number of unbranched alkanes of at least 4 members (excludes halogenated alkanes) is 2. The van der Waals surface area contributed by atoms with E-state index in [2.05, 4.69) is 10.6 Å². The Kier molecular flexibility index (Phi) is 7.20. The minimum atomic E-state index is -0.738.